The summed E-state index contributed by atoms with van der Waals surface area (Å²) in [5.74, 6) is -2.26. The minimum Gasteiger partial charge on any atom is -0.371 e. The van der Waals surface area contributed by atoms with Crippen LogP contribution in [0.1, 0.15) is 11.7 Å². The Labute approximate surface area is 153 Å². The molecule has 2 aromatic carbocycles. The number of hydrogen-bond acceptors (Lipinski definition) is 4. The average molecular weight is 395 g/mol. The SMILES string of the molecule is O=S(=O)(c1ccc(F)c(F)c1)N1CCO[C@H](c2csc3ccccc23)C1. The predicted molar refractivity (Wildman–Crippen MR) is 95.6 cm³/mol. The number of fused-ring (bicyclic) bond motifs is 1. The summed E-state index contributed by atoms with van der Waals surface area (Å²) in [7, 11) is -3.93. The van der Waals surface area contributed by atoms with Gasteiger partial charge in [0.1, 0.15) is 0 Å². The monoisotopic (exact) mass is 395 g/mol. The highest BCUT2D eigenvalue weighted by molar-refractivity contribution is 7.89. The number of morpholine rings is 1. The zero-order valence-electron chi connectivity index (χ0n) is 13.6. The van der Waals surface area contributed by atoms with Gasteiger partial charge in [0.25, 0.3) is 0 Å². The lowest BCUT2D eigenvalue weighted by Gasteiger charge is -2.32. The molecule has 1 aromatic heterocycles. The number of hydrogen-bond donors (Lipinski definition) is 0. The Morgan fingerprint density at radius 1 is 1.12 bits per heavy atom. The molecule has 1 aliphatic rings. The average Bonchev–Trinajstić information content (AvgIpc) is 3.08. The van der Waals surface area contributed by atoms with Gasteiger partial charge in [-0.05, 0) is 35.0 Å². The van der Waals surface area contributed by atoms with E-state index < -0.39 is 27.8 Å². The summed E-state index contributed by atoms with van der Waals surface area (Å²) in [4.78, 5) is -0.257. The second-order valence-electron chi connectivity index (χ2n) is 5.99. The number of ether oxygens (including phenoxy) is 1. The van der Waals surface area contributed by atoms with Crippen molar-refractivity contribution < 1.29 is 21.9 Å². The first-order valence-electron chi connectivity index (χ1n) is 8.00. The van der Waals surface area contributed by atoms with Gasteiger partial charge < -0.3 is 4.74 Å². The van der Waals surface area contributed by atoms with Crippen molar-refractivity contribution in [2.75, 3.05) is 19.7 Å². The van der Waals surface area contributed by atoms with Crippen LogP contribution in [0, 0.1) is 11.6 Å². The van der Waals surface area contributed by atoms with Crippen LogP contribution < -0.4 is 0 Å². The minimum absolute atomic E-state index is 0.127. The van der Waals surface area contributed by atoms with E-state index in [1.165, 1.54) is 4.31 Å². The van der Waals surface area contributed by atoms with Gasteiger partial charge in [0.05, 0.1) is 17.6 Å². The summed E-state index contributed by atoms with van der Waals surface area (Å²) < 4.78 is 60.4. The van der Waals surface area contributed by atoms with Gasteiger partial charge in [-0.1, -0.05) is 18.2 Å². The number of sulfonamides is 1. The second kappa shape index (κ2) is 6.70. The van der Waals surface area contributed by atoms with Crippen LogP contribution in [0.4, 0.5) is 8.78 Å². The van der Waals surface area contributed by atoms with Crippen LogP contribution >= 0.6 is 11.3 Å². The summed E-state index contributed by atoms with van der Waals surface area (Å²) in [5.41, 5.74) is 0.941. The van der Waals surface area contributed by atoms with Crippen LogP contribution in [0.15, 0.2) is 52.7 Å². The number of rotatable bonds is 3. The fourth-order valence-electron chi connectivity index (χ4n) is 3.07. The molecule has 26 heavy (non-hydrogen) atoms. The fourth-order valence-corrected chi connectivity index (χ4v) is 5.51. The van der Waals surface area contributed by atoms with E-state index in [2.05, 4.69) is 0 Å². The van der Waals surface area contributed by atoms with Crippen molar-refractivity contribution in [1.82, 2.24) is 4.31 Å². The van der Waals surface area contributed by atoms with E-state index in [-0.39, 0.29) is 24.6 Å². The maximum atomic E-state index is 13.5. The second-order valence-corrected chi connectivity index (χ2v) is 8.83. The molecule has 1 fully saturated rings. The lowest BCUT2D eigenvalue weighted by molar-refractivity contribution is -0.00155. The topological polar surface area (TPSA) is 46.6 Å². The van der Waals surface area contributed by atoms with Gasteiger partial charge in [-0.15, -0.1) is 11.3 Å². The third-order valence-corrected chi connectivity index (χ3v) is 7.26. The molecule has 2 heterocycles. The Kier molecular flexibility index (Phi) is 4.52. The van der Waals surface area contributed by atoms with Crippen molar-refractivity contribution >= 4 is 31.4 Å². The molecule has 136 valence electrons. The van der Waals surface area contributed by atoms with Crippen molar-refractivity contribution in [3.8, 4) is 0 Å². The van der Waals surface area contributed by atoms with Gasteiger partial charge in [-0.25, -0.2) is 17.2 Å². The summed E-state index contributed by atoms with van der Waals surface area (Å²) in [6.07, 6.45) is -0.403. The number of thiophene rings is 1. The van der Waals surface area contributed by atoms with E-state index in [0.29, 0.717) is 0 Å². The van der Waals surface area contributed by atoms with Gasteiger partial charge in [0.2, 0.25) is 10.0 Å². The predicted octanol–water partition coefficient (Wildman–Crippen LogP) is 3.94. The number of benzene rings is 2. The molecule has 1 saturated heterocycles. The Morgan fingerprint density at radius 3 is 2.73 bits per heavy atom. The molecule has 0 unspecified atom stereocenters. The molecule has 1 aliphatic heterocycles. The number of halogens is 2. The van der Waals surface area contributed by atoms with E-state index in [9.17, 15) is 17.2 Å². The Balaban J connectivity index is 1.65. The van der Waals surface area contributed by atoms with E-state index in [4.69, 9.17) is 4.74 Å². The first kappa shape index (κ1) is 17.5. The van der Waals surface area contributed by atoms with Crippen molar-refractivity contribution in [3.05, 3.63) is 65.0 Å². The zero-order valence-corrected chi connectivity index (χ0v) is 15.2. The van der Waals surface area contributed by atoms with Crippen LogP contribution in [0.3, 0.4) is 0 Å². The van der Waals surface area contributed by atoms with Crippen LogP contribution in [-0.4, -0.2) is 32.4 Å². The molecule has 0 radical (unpaired) electrons. The highest BCUT2D eigenvalue weighted by Crippen LogP contribution is 2.34. The molecule has 0 bridgehead atoms. The largest absolute Gasteiger partial charge is 0.371 e. The molecule has 0 N–H and O–H groups in total. The van der Waals surface area contributed by atoms with Gasteiger partial charge in [-0.3, -0.25) is 0 Å². The zero-order chi connectivity index (χ0) is 18.3. The van der Waals surface area contributed by atoms with Gasteiger partial charge >= 0.3 is 0 Å². The number of nitrogens with zero attached hydrogens (tertiary/aromatic N) is 1. The molecule has 0 spiro atoms. The molecule has 0 amide bonds. The molecule has 0 aliphatic carbocycles. The highest BCUT2D eigenvalue weighted by atomic mass is 32.2. The van der Waals surface area contributed by atoms with E-state index in [0.717, 1.165) is 33.8 Å². The van der Waals surface area contributed by atoms with Crippen LogP contribution in [-0.2, 0) is 14.8 Å². The van der Waals surface area contributed by atoms with Gasteiger partial charge in [-0.2, -0.15) is 4.31 Å². The molecule has 4 nitrogen and oxygen atoms in total. The minimum atomic E-state index is -3.93. The first-order valence-corrected chi connectivity index (χ1v) is 10.3. The normalized spacial score (nSPS) is 19.1. The molecule has 1 atom stereocenters. The van der Waals surface area contributed by atoms with Crippen molar-refractivity contribution in [2.24, 2.45) is 0 Å². The third kappa shape index (κ3) is 3.03. The summed E-state index contributed by atoms with van der Waals surface area (Å²) in [5, 5.41) is 3.01. The summed E-state index contributed by atoms with van der Waals surface area (Å²) in [6, 6.07) is 10.5. The van der Waals surface area contributed by atoms with Crippen molar-refractivity contribution in [1.29, 1.82) is 0 Å². The lowest BCUT2D eigenvalue weighted by Crippen LogP contribution is -2.42. The van der Waals surface area contributed by atoms with Crippen LogP contribution in [0.2, 0.25) is 0 Å². The smallest absolute Gasteiger partial charge is 0.243 e. The summed E-state index contributed by atoms with van der Waals surface area (Å²) in [6.45, 7) is 0.527. The molecular weight excluding hydrogens is 380 g/mol. The molecule has 0 saturated carbocycles. The molecule has 8 heteroatoms. The van der Waals surface area contributed by atoms with E-state index in [1.807, 2.05) is 29.6 Å². The first-order chi connectivity index (χ1) is 12.5. The highest BCUT2D eigenvalue weighted by Gasteiger charge is 2.33. The van der Waals surface area contributed by atoms with Crippen LogP contribution in [0.5, 0.6) is 0 Å². The quantitative estimate of drug-likeness (QED) is 0.675. The van der Waals surface area contributed by atoms with Gasteiger partial charge in [0, 0.05) is 23.4 Å². The molecular formula is C18H15F2NO3S2. The Hall–Kier alpha value is -1.87. The maximum absolute atomic E-state index is 13.5. The van der Waals surface area contributed by atoms with Crippen LogP contribution in [0.25, 0.3) is 10.1 Å². The molecule has 3 aromatic rings. The fraction of sp³-hybridized carbons (Fsp3) is 0.222. The summed E-state index contributed by atoms with van der Waals surface area (Å²) >= 11 is 1.58. The Bertz CT molecular complexity index is 1070. The van der Waals surface area contributed by atoms with E-state index in [1.54, 1.807) is 11.3 Å². The van der Waals surface area contributed by atoms with Gasteiger partial charge in [0.15, 0.2) is 11.6 Å². The maximum Gasteiger partial charge on any atom is 0.243 e. The van der Waals surface area contributed by atoms with Crippen molar-refractivity contribution in [3.63, 3.8) is 0 Å². The lowest BCUT2D eigenvalue weighted by atomic mass is 10.1. The van der Waals surface area contributed by atoms with E-state index >= 15 is 0 Å². The third-order valence-electron chi connectivity index (χ3n) is 4.42. The van der Waals surface area contributed by atoms with Crippen molar-refractivity contribution in [2.45, 2.75) is 11.0 Å². The Morgan fingerprint density at radius 2 is 1.92 bits per heavy atom. The standard InChI is InChI=1S/C18H15F2NO3S2/c19-15-6-5-12(9-16(15)20)26(22,23)21-7-8-24-17(10-21)14-11-25-18-4-2-1-3-13(14)18/h1-6,9,11,17H,7-8,10H2/t17-/m0/s1. The molecule has 4 rings (SSSR count).